The molecule has 2 N–H and O–H groups in total. The summed E-state index contributed by atoms with van der Waals surface area (Å²) in [5, 5.41) is 11.3. The number of aliphatic hydroxyl groups is 1. The number of aliphatic hydroxyl groups excluding tert-OH is 1. The van der Waals surface area contributed by atoms with Gasteiger partial charge < -0.3 is 15.2 Å². The van der Waals surface area contributed by atoms with Crippen LogP contribution < -0.4 is 10.1 Å². The molecule has 0 aromatic heterocycles. The summed E-state index contributed by atoms with van der Waals surface area (Å²) < 4.78 is 5.91. The van der Waals surface area contributed by atoms with Crippen molar-refractivity contribution in [2.24, 2.45) is 0 Å². The highest BCUT2D eigenvalue weighted by Gasteiger charge is 2.04. The third-order valence-electron chi connectivity index (χ3n) is 1.95. The molecule has 0 bridgehead atoms. The molecule has 1 aromatic rings. The maximum absolute atomic E-state index is 11.4. The van der Waals surface area contributed by atoms with E-state index >= 15 is 0 Å². The topological polar surface area (TPSA) is 58.6 Å². The lowest BCUT2D eigenvalue weighted by atomic mass is 10.2. The number of carbonyl (C=O) groups is 1. The van der Waals surface area contributed by atoms with Gasteiger partial charge in [0.2, 0.25) is 5.91 Å². The summed E-state index contributed by atoms with van der Waals surface area (Å²) in [6, 6.07) is 5.34. The van der Waals surface area contributed by atoms with Crippen molar-refractivity contribution in [1.82, 2.24) is 0 Å². The van der Waals surface area contributed by atoms with Crippen molar-refractivity contribution in [3.63, 3.8) is 0 Å². The molecule has 1 amide bonds. The van der Waals surface area contributed by atoms with E-state index in [9.17, 15) is 4.79 Å². The standard InChI is InChI=1S/C11H14BrNO3/c1-16-10-6-8(12)5-9(7-10)13-11(15)3-2-4-14/h5-7,14H,2-4H2,1H3,(H,13,15). The summed E-state index contributed by atoms with van der Waals surface area (Å²) in [5.41, 5.74) is 0.675. The van der Waals surface area contributed by atoms with Crippen molar-refractivity contribution < 1.29 is 14.6 Å². The van der Waals surface area contributed by atoms with E-state index in [0.29, 0.717) is 24.3 Å². The van der Waals surface area contributed by atoms with Crippen LogP contribution in [-0.4, -0.2) is 24.7 Å². The van der Waals surface area contributed by atoms with Crippen LogP contribution in [0.25, 0.3) is 0 Å². The predicted octanol–water partition coefficient (Wildman–Crippen LogP) is 2.17. The van der Waals surface area contributed by atoms with Crippen LogP contribution >= 0.6 is 15.9 Å². The molecule has 0 atom stereocenters. The molecular weight excluding hydrogens is 274 g/mol. The Bertz CT molecular complexity index is 368. The highest BCUT2D eigenvalue weighted by molar-refractivity contribution is 9.10. The summed E-state index contributed by atoms with van der Waals surface area (Å²) in [6.45, 7) is 0.0230. The molecule has 0 aliphatic carbocycles. The van der Waals surface area contributed by atoms with Gasteiger partial charge in [0.1, 0.15) is 5.75 Å². The predicted molar refractivity (Wildman–Crippen MR) is 65.6 cm³/mol. The lowest BCUT2D eigenvalue weighted by Crippen LogP contribution is -2.11. The number of benzene rings is 1. The molecule has 5 heteroatoms. The van der Waals surface area contributed by atoms with Crippen LogP contribution in [0.3, 0.4) is 0 Å². The summed E-state index contributed by atoms with van der Waals surface area (Å²) in [6.07, 6.45) is 0.780. The van der Waals surface area contributed by atoms with Gasteiger partial charge in [0.05, 0.1) is 7.11 Å². The number of ether oxygens (including phenoxy) is 1. The molecule has 1 aromatic carbocycles. The Morgan fingerprint density at radius 2 is 2.25 bits per heavy atom. The molecule has 0 spiro atoms. The molecule has 0 aliphatic heterocycles. The second kappa shape index (κ2) is 6.50. The number of methoxy groups -OCH3 is 1. The number of hydrogen-bond acceptors (Lipinski definition) is 3. The van der Waals surface area contributed by atoms with Crippen LogP contribution in [-0.2, 0) is 4.79 Å². The molecule has 0 unspecified atom stereocenters. The average molecular weight is 288 g/mol. The lowest BCUT2D eigenvalue weighted by molar-refractivity contribution is -0.116. The Morgan fingerprint density at radius 1 is 1.50 bits per heavy atom. The minimum absolute atomic E-state index is 0.0230. The number of rotatable bonds is 5. The van der Waals surface area contributed by atoms with Crippen LogP contribution in [0.5, 0.6) is 5.75 Å². The first-order chi connectivity index (χ1) is 7.65. The Morgan fingerprint density at radius 3 is 2.88 bits per heavy atom. The second-order valence-electron chi connectivity index (χ2n) is 3.26. The van der Waals surface area contributed by atoms with Gasteiger partial charge in [-0.25, -0.2) is 0 Å². The summed E-state index contributed by atoms with van der Waals surface area (Å²) in [4.78, 5) is 11.4. The monoisotopic (exact) mass is 287 g/mol. The van der Waals surface area contributed by atoms with Crippen LogP contribution in [0.4, 0.5) is 5.69 Å². The maximum atomic E-state index is 11.4. The smallest absolute Gasteiger partial charge is 0.224 e. The van der Waals surface area contributed by atoms with E-state index in [0.717, 1.165) is 4.47 Å². The highest BCUT2D eigenvalue weighted by Crippen LogP contribution is 2.24. The van der Waals surface area contributed by atoms with Gasteiger partial charge >= 0.3 is 0 Å². The second-order valence-corrected chi connectivity index (χ2v) is 4.17. The molecular formula is C11H14BrNO3. The summed E-state index contributed by atoms with van der Waals surface area (Å²) in [5.74, 6) is 0.557. The van der Waals surface area contributed by atoms with Crippen molar-refractivity contribution in [3.8, 4) is 5.75 Å². The SMILES string of the molecule is COc1cc(Br)cc(NC(=O)CCCO)c1. The number of amides is 1. The van der Waals surface area contributed by atoms with Crippen molar-refractivity contribution >= 4 is 27.5 Å². The minimum atomic E-state index is -0.116. The summed E-state index contributed by atoms with van der Waals surface area (Å²) >= 11 is 3.33. The van der Waals surface area contributed by atoms with E-state index in [1.165, 1.54) is 0 Å². The van der Waals surface area contributed by atoms with Crippen LogP contribution in [0.2, 0.25) is 0 Å². The van der Waals surface area contributed by atoms with E-state index in [2.05, 4.69) is 21.2 Å². The zero-order chi connectivity index (χ0) is 12.0. The van der Waals surface area contributed by atoms with Crippen molar-refractivity contribution in [2.75, 3.05) is 19.0 Å². The van der Waals surface area contributed by atoms with Crippen LogP contribution in [0.15, 0.2) is 22.7 Å². The van der Waals surface area contributed by atoms with Gasteiger partial charge in [-0.1, -0.05) is 15.9 Å². The Labute approximate surface area is 103 Å². The van der Waals surface area contributed by atoms with E-state index in [1.807, 2.05) is 6.07 Å². The fraction of sp³-hybridized carbons (Fsp3) is 0.364. The number of anilines is 1. The molecule has 0 radical (unpaired) electrons. The number of carbonyl (C=O) groups excluding carboxylic acids is 1. The van der Waals surface area contributed by atoms with Gasteiger partial charge in [0.25, 0.3) is 0 Å². The fourth-order valence-electron chi connectivity index (χ4n) is 1.22. The quantitative estimate of drug-likeness (QED) is 0.873. The Balaban J connectivity index is 2.65. The van der Waals surface area contributed by atoms with E-state index in [-0.39, 0.29) is 12.5 Å². The highest BCUT2D eigenvalue weighted by atomic mass is 79.9. The van der Waals surface area contributed by atoms with Gasteiger partial charge in [0, 0.05) is 29.3 Å². The molecule has 16 heavy (non-hydrogen) atoms. The Hall–Kier alpha value is -1.07. The lowest BCUT2D eigenvalue weighted by Gasteiger charge is -2.07. The van der Waals surface area contributed by atoms with Crippen LogP contribution in [0, 0.1) is 0 Å². The molecule has 88 valence electrons. The van der Waals surface area contributed by atoms with E-state index in [4.69, 9.17) is 9.84 Å². The average Bonchev–Trinajstić information content (AvgIpc) is 2.25. The first kappa shape index (κ1) is 13.0. The molecule has 0 fully saturated rings. The largest absolute Gasteiger partial charge is 0.497 e. The minimum Gasteiger partial charge on any atom is -0.497 e. The third-order valence-corrected chi connectivity index (χ3v) is 2.41. The zero-order valence-corrected chi connectivity index (χ0v) is 10.6. The van der Waals surface area contributed by atoms with Gasteiger partial charge in [0.15, 0.2) is 0 Å². The van der Waals surface area contributed by atoms with Gasteiger partial charge in [-0.05, 0) is 18.6 Å². The van der Waals surface area contributed by atoms with Crippen molar-refractivity contribution in [1.29, 1.82) is 0 Å². The first-order valence-electron chi connectivity index (χ1n) is 4.91. The molecule has 4 nitrogen and oxygen atoms in total. The molecule has 0 heterocycles. The number of hydrogen-bond donors (Lipinski definition) is 2. The van der Waals surface area contributed by atoms with E-state index < -0.39 is 0 Å². The molecule has 0 saturated carbocycles. The summed E-state index contributed by atoms with van der Waals surface area (Å²) in [7, 11) is 1.57. The number of nitrogens with one attached hydrogen (secondary N) is 1. The molecule has 0 aliphatic rings. The van der Waals surface area contributed by atoms with Crippen molar-refractivity contribution in [2.45, 2.75) is 12.8 Å². The Kier molecular flexibility index (Phi) is 5.28. The van der Waals surface area contributed by atoms with E-state index in [1.54, 1.807) is 19.2 Å². The normalized spacial score (nSPS) is 9.94. The fourth-order valence-corrected chi connectivity index (χ4v) is 1.69. The van der Waals surface area contributed by atoms with Crippen LogP contribution in [0.1, 0.15) is 12.8 Å². The van der Waals surface area contributed by atoms with Gasteiger partial charge in [-0.3, -0.25) is 4.79 Å². The third kappa shape index (κ3) is 4.20. The maximum Gasteiger partial charge on any atom is 0.224 e. The van der Waals surface area contributed by atoms with Gasteiger partial charge in [-0.2, -0.15) is 0 Å². The zero-order valence-electron chi connectivity index (χ0n) is 9.00. The first-order valence-corrected chi connectivity index (χ1v) is 5.70. The van der Waals surface area contributed by atoms with Gasteiger partial charge in [-0.15, -0.1) is 0 Å². The molecule has 0 saturated heterocycles. The number of halogens is 1. The molecule has 1 rings (SSSR count). The van der Waals surface area contributed by atoms with Crippen molar-refractivity contribution in [3.05, 3.63) is 22.7 Å².